The van der Waals surface area contributed by atoms with Crippen LogP contribution in [0.15, 0.2) is 24.5 Å². The molecule has 1 saturated carbocycles. The van der Waals surface area contributed by atoms with E-state index in [1.54, 1.807) is 22.0 Å². The van der Waals surface area contributed by atoms with Crippen LogP contribution in [-0.4, -0.2) is 72.0 Å². The smallest absolute Gasteiger partial charge is 0.305 e. The Balaban J connectivity index is 1.45. The summed E-state index contributed by atoms with van der Waals surface area (Å²) in [5.41, 5.74) is 3.32. The normalized spacial score (nSPS) is 21.8. The van der Waals surface area contributed by atoms with Crippen LogP contribution in [0.25, 0.3) is 22.0 Å². The van der Waals surface area contributed by atoms with Crippen LogP contribution in [0, 0.1) is 19.3 Å². The third-order valence-electron chi connectivity index (χ3n) is 7.63. The monoisotopic (exact) mass is 518 g/mol. The van der Waals surface area contributed by atoms with Crippen LogP contribution in [-0.2, 0) is 20.9 Å². The molecule has 0 unspecified atom stereocenters. The van der Waals surface area contributed by atoms with Crippen molar-refractivity contribution in [2.45, 2.75) is 65.6 Å². The maximum atomic E-state index is 13.6. The number of nitrogens with zero attached hydrogens (tertiary/aromatic N) is 5. The van der Waals surface area contributed by atoms with Gasteiger partial charge in [-0.2, -0.15) is 5.10 Å². The number of aromatic nitrogens is 4. The second kappa shape index (κ2) is 9.30. The minimum absolute atomic E-state index is 0.00734. The summed E-state index contributed by atoms with van der Waals surface area (Å²) in [6.07, 6.45) is 4.62. The molecule has 1 aliphatic heterocycles. The molecule has 1 aliphatic carbocycles. The van der Waals surface area contributed by atoms with Crippen molar-refractivity contribution in [2.75, 3.05) is 6.54 Å². The fourth-order valence-corrected chi connectivity index (χ4v) is 5.59. The molecule has 38 heavy (non-hydrogen) atoms. The van der Waals surface area contributed by atoms with Gasteiger partial charge in [-0.3, -0.25) is 23.9 Å². The first kappa shape index (κ1) is 25.5. The number of hydrogen-bond donors (Lipinski definition) is 2. The Morgan fingerprint density at radius 2 is 1.82 bits per heavy atom. The third-order valence-corrected chi connectivity index (χ3v) is 7.63. The lowest BCUT2D eigenvalue weighted by atomic mass is 10.0. The van der Waals surface area contributed by atoms with Crippen molar-refractivity contribution >= 4 is 34.5 Å². The summed E-state index contributed by atoms with van der Waals surface area (Å²) >= 11 is 0. The molecular formula is C27H30N6O5. The van der Waals surface area contributed by atoms with Crippen molar-refractivity contribution in [3.63, 3.8) is 0 Å². The molecule has 2 aliphatic rings. The first-order valence-corrected chi connectivity index (χ1v) is 12.6. The largest absolute Gasteiger partial charge is 0.481 e. The van der Waals surface area contributed by atoms with Crippen molar-refractivity contribution in [2.24, 2.45) is 5.41 Å². The molecule has 3 atom stereocenters. The van der Waals surface area contributed by atoms with E-state index >= 15 is 0 Å². The van der Waals surface area contributed by atoms with Gasteiger partial charge in [-0.1, -0.05) is 6.92 Å². The highest BCUT2D eigenvalue weighted by atomic mass is 16.4. The highest BCUT2D eigenvalue weighted by Gasteiger charge is 2.64. The number of aliphatic carboxylic acids is 1. The summed E-state index contributed by atoms with van der Waals surface area (Å²) in [5.74, 6) is -1.16. The number of carboxylic acids is 1. The highest BCUT2D eigenvalue weighted by Crippen LogP contribution is 2.59. The quantitative estimate of drug-likeness (QED) is 0.432. The number of nitrogens with one attached hydrogen (secondary N) is 1. The van der Waals surface area contributed by atoms with E-state index in [2.05, 4.69) is 27.3 Å². The van der Waals surface area contributed by atoms with Gasteiger partial charge in [0.25, 0.3) is 0 Å². The van der Waals surface area contributed by atoms with E-state index in [0.29, 0.717) is 23.1 Å². The zero-order valence-electron chi connectivity index (χ0n) is 21.8. The molecule has 2 N–H and O–H groups in total. The second-order valence-corrected chi connectivity index (χ2v) is 10.6. The molecule has 11 nitrogen and oxygen atoms in total. The highest BCUT2D eigenvalue weighted by molar-refractivity contribution is 6.07. The third kappa shape index (κ3) is 4.52. The van der Waals surface area contributed by atoms with Crippen molar-refractivity contribution in [1.29, 1.82) is 0 Å². The van der Waals surface area contributed by atoms with Crippen molar-refractivity contribution < 1.29 is 24.3 Å². The minimum atomic E-state index is -1.00. The summed E-state index contributed by atoms with van der Waals surface area (Å²) in [7, 11) is 0. The Bertz CT molecular complexity index is 1480. The van der Waals surface area contributed by atoms with Crippen LogP contribution < -0.4 is 5.32 Å². The Morgan fingerprint density at radius 3 is 2.47 bits per heavy atom. The van der Waals surface area contributed by atoms with E-state index in [0.717, 1.165) is 23.1 Å². The molecule has 0 spiro atoms. The number of ketones is 1. The first-order chi connectivity index (χ1) is 18.0. The second-order valence-electron chi connectivity index (χ2n) is 10.6. The average Bonchev–Trinajstić information content (AvgIpc) is 3.21. The summed E-state index contributed by atoms with van der Waals surface area (Å²) in [5, 5.41) is 16.7. The maximum absolute atomic E-state index is 13.6. The fraction of sp³-hybridized carbons (Fsp3) is 0.444. The number of benzene rings is 1. The van der Waals surface area contributed by atoms with Crippen LogP contribution in [0.1, 0.15) is 55.0 Å². The SMILES string of the molecule is CC(=O)c1nn(CC(=O)N2[C@H](C(=O)NCCC(=O)O)C[C@@]3(C)C[C@@H]23)c2c(C)cc(-c3cnc(C)nc3)cc12. The Labute approximate surface area is 219 Å². The van der Waals surface area contributed by atoms with Gasteiger partial charge in [-0.25, -0.2) is 9.97 Å². The van der Waals surface area contributed by atoms with Crippen LogP contribution in [0.5, 0.6) is 0 Å². The number of Topliss-reactive ketones (excluding diaryl/α,β-unsaturated/α-hetero) is 1. The standard InChI is InChI=1S/C27H30N6O5/c1-14-7-17(18-11-29-16(3)30-12-18)8-19-24(15(2)34)31-32(25(14)19)13-22(35)33-20(9-27(4)10-21(27)33)26(38)28-6-5-23(36)37/h7-8,11-12,20-21H,5-6,9-10,13H2,1-4H3,(H,28,38)(H,36,37)/t20-,21+,27-/m0/s1. The average molecular weight is 519 g/mol. The molecule has 2 aromatic heterocycles. The van der Waals surface area contributed by atoms with Crippen LogP contribution >= 0.6 is 0 Å². The summed E-state index contributed by atoms with van der Waals surface area (Å²) in [6, 6.07) is 3.11. The number of likely N-dealkylation sites (tertiary alicyclic amines) is 1. The lowest BCUT2D eigenvalue weighted by Crippen LogP contribution is -2.49. The number of hydrogen-bond acceptors (Lipinski definition) is 7. The van der Waals surface area contributed by atoms with Gasteiger partial charge < -0.3 is 15.3 Å². The van der Waals surface area contributed by atoms with Crippen molar-refractivity contribution in [3.05, 3.63) is 41.6 Å². The van der Waals surface area contributed by atoms with Crippen LogP contribution in [0.4, 0.5) is 0 Å². The van der Waals surface area contributed by atoms with Gasteiger partial charge in [-0.05, 0) is 55.4 Å². The fourth-order valence-electron chi connectivity index (χ4n) is 5.59. The maximum Gasteiger partial charge on any atom is 0.305 e. The predicted octanol–water partition coefficient (Wildman–Crippen LogP) is 2.28. The van der Waals surface area contributed by atoms with Gasteiger partial charge in [0, 0.05) is 42.9 Å². The minimum Gasteiger partial charge on any atom is -0.481 e. The van der Waals surface area contributed by atoms with E-state index in [9.17, 15) is 19.2 Å². The number of fused-ring (bicyclic) bond motifs is 2. The molecule has 0 radical (unpaired) electrons. The van der Waals surface area contributed by atoms with E-state index in [1.807, 2.05) is 26.0 Å². The molecule has 5 rings (SSSR count). The lowest BCUT2D eigenvalue weighted by Gasteiger charge is -2.27. The molecule has 3 aromatic rings. The predicted molar refractivity (Wildman–Crippen MR) is 137 cm³/mol. The van der Waals surface area contributed by atoms with Crippen molar-refractivity contribution in [1.82, 2.24) is 30.0 Å². The number of carbonyl (C=O) groups is 4. The Kier molecular flexibility index (Phi) is 6.24. The Hall–Kier alpha value is -4.15. The van der Waals surface area contributed by atoms with Gasteiger partial charge in [-0.15, -0.1) is 0 Å². The molecule has 1 saturated heterocycles. The van der Waals surface area contributed by atoms with Gasteiger partial charge in [0.05, 0.1) is 11.9 Å². The zero-order valence-corrected chi connectivity index (χ0v) is 21.8. The molecule has 3 heterocycles. The van der Waals surface area contributed by atoms with Gasteiger partial charge in [0.15, 0.2) is 5.78 Å². The summed E-state index contributed by atoms with van der Waals surface area (Å²) < 4.78 is 1.55. The van der Waals surface area contributed by atoms with E-state index in [-0.39, 0.29) is 54.3 Å². The van der Waals surface area contributed by atoms with Gasteiger partial charge >= 0.3 is 5.97 Å². The zero-order chi connectivity index (χ0) is 27.4. The van der Waals surface area contributed by atoms with Gasteiger partial charge in [0.1, 0.15) is 24.1 Å². The number of carboxylic acid groups (broad SMARTS) is 1. The molecule has 2 amide bonds. The number of piperidine rings is 1. The summed E-state index contributed by atoms with van der Waals surface area (Å²) in [6.45, 7) is 7.09. The van der Waals surface area contributed by atoms with Gasteiger partial charge in [0.2, 0.25) is 11.8 Å². The molecule has 198 valence electrons. The molecule has 0 bridgehead atoms. The van der Waals surface area contributed by atoms with E-state index in [1.165, 1.54) is 6.92 Å². The van der Waals surface area contributed by atoms with E-state index < -0.39 is 12.0 Å². The summed E-state index contributed by atoms with van der Waals surface area (Å²) in [4.78, 5) is 60.0. The number of aryl methyl sites for hydroxylation is 2. The molecule has 11 heteroatoms. The first-order valence-electron chi connectivity index (χ1n) is 12.6. The van der Waals surface area contributed by atoms with Crippen LogP contribution in [0.3, 0.4) is 0 Å². The molecule has 2 fully saturated rings. The van der Waals surface area contributed by atoms with E-state index in [4.69, 9.17) is 5.11 Å². The number of rotatable bonds is 8. The lowest BCUT2D eigenvalue weighted by molar-refractivity contribution is -0.141. The van der Waals surface area contributed by atoms with Crippen molar-refractivity contribution in [3.8, 4) is 11.1 Å². The number of amides is 2. The Morgan fingerprint density at radius 1 is 1.11 bits per heavy atom. The number of carbonyl (C=O) groups excluding carboxylic acids is 3. The molecule has 1 aromatic carbocycles. The molecular weight excluding hydrogens is 488 g/mol. The topological polar surface area (TPSA) is 147 Å². The van der Waals surface area contributed by atoms with Crippen LogP contribution in [0.2, 0.25) is 0 Å².